The zero-order chi connectivity index (χ0) is 13.9. The topological polar surface area (TPSA) is 3.24 Å². The minimum Gasteiger partial charge on any atom is -0.309 e. The first-order valence-corrected chi connectivity index (χ1v) is 7.63. The molecule has 0 radical (unpaired) electrons. The Morgan fingerprint density at radius 1 is 1.00 bits per heavy atom. The maximum absolute atomic E-state index is 2.32. The summed E-state index contributed by atoms with van der Waals surface area (Å²) in [4.78, 5) is 3.66. The average Bonchev–Trinajstić information content (AvgIpc) is 2.48. The minimum atomic E-state index is 1.20. The van der Waals surface area contributed by atoms with Gasteiger partial charge in [0.25, 0.3) is 0 Å². The first kappa shape index (κ1) is 13.1. The van der Waals surface area contributed by atoms with E-state index in [1.54, 1.807) is 11.8 Å². The van der Waals surface area contributed by atoms with Gasteiger partial charge >= 0.3 is 0 Å². The molecule has 0 saturated heterocycles. The molecule has 0 spiro atoms. The zero-order valence-corrected chi connectivity index (χ0v) is 12.5. The molecular formula is C18H17NS. The van der Waals surface area contributed by atoms with Crippen LogP contribution in [0, 0.1) is 6.92 Å². The van der Waals surface area contributed by atoms with Crippen molar-refractivity contribution >= 4 is 23.1 Å². The van der Waals surface area contributed by atoms with Crippen molar-refractivity contribution in [1.82, 2.24) is 0 Å². The zero-order valence-electron chi connectivity index (χ0n) is 11.7. The molecule has 0 unspecified atom stereocenters. The summed E-state index contributed by atoms with van der Waals surface area (Å²) in [7, 11) is 0. The molecule has 0 fully saturated rings. The maximum atomic E-state index is 2.32. The van der Waals surface area contributed by atoms with E-state index in [9.17, 15) is 0 Å². The Morgan fingerprint density at radius 2 is 1.80 bits per heavy atom. The van der Waals surface area contributed by atoms with Crippen LogP contribution in [0.15, 0.2) is 76.7 Å². The van der Waals surface area contributed by atoms with E-state index in [1.807, 2.05) is 0 Å². The van der Waals surface area contributed by atoms with E-state index < -0.39 is 0 Å². The minimum absolute atomic E-state index is 1.20. The molecule has 100 valence electrons. The van der Waals surface area contributed by atoms with Crippen LogP contribution in [0.2, 0.25) is 0 Å². The van der Waals surface area contributed by atoms with Crippen LogP contribution in [0.4, 0.5) is 11.4 Å². The Balaban J connectivity index is 2.18. The Hall–Kier alpha value is -1.93. The Bertz CT molecular complexity index is 671. The van der Waals surface area contributed by atoms with Gasteiger partial charge in [-0.2, -0.15) is 0 Å². The lowest BCUT2D eigenvalue weighted by atomic mass is 10.1. The van der Waals surface area contributed by atoms with Gasteiger partial charge in [0, 0.05) is 16.0 Å². The van der Waals surface area contributed by atoms with Gasteiger partial charge in [0.2, 0.25) is 0 Å². The van der Waals surface area contributed by atoms with Gasteiger partial charge in [0.05, 0.1) is 11.4 Å². The van der Waals surface area contributed by atoms with Crippen molar-refractivity contribution in [2.45, 2.75) is 18.7 Å². The summed E-state index contributed by atoms with van der Waals surface area (Å²) in [6.45, 7) is 4.23. The van der Waals surface area contributed by atoms with Crippen LogP contribution in [-0.4, -0.2) is 0 Å². The van der Waals surface area contributed by atoms with Crippen LogP contribution in [0.5, 0.6) is 0 Å². The van der Waals surface area contributed by atoms with Crippen LogP contribution >= 0.6 is 11.8 Å². The predicted octanol–water partition coefficient (Wildman–Crippen LogP) is 5.66. The second-order valence-electron chi connectivity index (χ2n) is 4.75. The first-order chi connectivity index (χ1) is 9.81. The van der Waals surface area contributed by atoms with Crippen LogP contribution in [0.3, 0.4) is 0 Å². The van der Waals surface area contributed by atoms with Crippen molar-refractivity contribution < 1.29 is 0 Å². The molecule has 0 atom stereocenters. The third kappa shape index (κ3) is 2.27. The fourth-order valence-electron chi connectivity index (χ4n) is 2.43. The van der Waals surface area contributed by atoms with Gasteiger partial charge < -0.3 is 4.90 Å². The Labute approximate surface area is 124 Å². The van der Waals surface area contributed by atoms with E-state index in [-0.39, 0.29) is 0 Å². The predicted molar refractivity (Wildman–Crippen MR) is 88.5 cm³/mol. The van der Waals surface area contributed by atoms with Crippen molar-refractivity contribution in [2.75, 3.05) is 4.90 Å². The van der Waals surface area contributed by atoms with Crippen molar-refractivity contribution in [3.8, 4) is 0 Å². The highest BCUT2D eigenvalue weighted by molar-refractivity contribution is 8.02. The summed E-state index contributed by atoms with van der Waals surface area (Å²) in [6.07, 6.45) is 4.24. The average molecular weight is 279 g/mol. The molecule has 0 saturated carbocycles. The molecule has 0 N–H and O–H groups in total. The summed E-state index contributed by atoms with van der Waals surface area (Å²) in [5.41, 5.74) is 4.99. The van der Waals surface area contributed by atoms with E-state index in [0.717, 1.165) is 0 Å². The third-order valence-corrected chi connectivity index (χ3v) is 4.47. The molecule has 0 aliphatic carbocycles. The van der Waals surface area contributed by atoms with Gasteiger partial charge in [0.1, 0.15) is 0 Å². The molecule has 2 aromatic carbocycles. The number of allylic oxidation sites excluding steroid dienone is 2. The molecule has 1 heterocycles. The number of hydrogen-bond acceptors (Lipinski definition) is 2. The van der Waals surface area contributed by atoms with Crippen LogP contribution in [-0.2, 0) is 0 Å². The van der Waals surface area contributed by atoms with E-state index in [2.05, 4.69) is 84.8 Å². The number of anilines is 2. The molecule has 2 aromatic rings. The number of aryl methyl sites for hydroxylation is 1. The summed E-state index contributed by atoms with van der Waals surface area (Å²) in [5, 5.41) is 2.22. The second kappa shape index (κ2) is 5.59. The standard InChI is InChI=1S/C18H17NS/c1-3-8-16-13-20-18-14(2)9-7-12-17(18)19(16)15-10-5-4-6-11-15/h3-13H,1-2H3/b8-3-. The van der Waals surface area contributed by atoms with E-state index in [0.29, 0.717) is 0 Å². The molecule has 1 aliphatic heterocycles. The number of fused-ring (bicyclic) bond motifs is 1. The number of para-hydroxylation sites is 1. The van der Waals surface area contributed by atoms with Gasteiger partial charge in [-0.15, -0.1) is 0 Å². The van der Waals surface area contributed by atoms with Crippen molar-refractivity contribution in [3.05, 3.63) is 77.4 Å². The van der Waals surface area contributed by atoms with Crippen molar-refractivity contribution in [1.29, 1.82) is 0 Å². The quantitative estimate of drug-likeness (QED) is 0.698. The number of thioether (sulfide) groups is 1. The lowest BCUT2D eigenvalue weighted by Crippen LogP contribution is -2.18. The number of hydrogen-bond donors (Lipinski definition) is 0. The van der Waals surface area contributed by atoms with Gasteiger partial charge in [-0.3, -0.25) is 0 Å². The lowest BCUT2D eigenvalue weighted by Gasteiger charge is -2.31. The summed E-state index contributed by atoms with van der Waals surface area (Å²) in [6, 6.07) is 17.0. The number of rotatable bonds is 2. The van der Waals surface area contributed by atoms with E-state index in [1.165, 1.54) is 27.5 Å². The van der Waals surface area contributed by atoms with Gasteiger partial charge in [-0.25, -0.2) is 0 Å². The lowest BCUT2D eigenvalue weighted by molar-refractivity contribution is 1.14. The van der Waals surface area contributed by atoms with Crippen LogP contribution < -0.4 is 4.90 Å². The normalized spacial score (nSPS) is 14.3. The summed E-state index contributed by atoms with van der Waals surface area (Å²) in [5.74, 6) is 0. The molecular weight excluding hydrogens is 262 g/mol. The summed E-state index contributed by atoms with van der Waals surface area (Å²) >= 11 is 1.81. The fraction of sp³-hybridized carbons (Fsp3) is 0.111. The first-order valence-electron chi connectivity index (χ1n) is 6.75. The van der Waals surface area contributed by atoms with E-state index >= 15 is 0 Å². The highest BCUT2D eigenvalue weighted by Gasteiger charge is 2.21. The molecule has 0 aromatic heterocycles. The fourth-order valence-corrected chi connectivity index (χ4v) is 3.38. The van der Waals surface area contributed by atoms with Gasteiger partial charge in [0.15, 0.2) is 0 Å². The SMILES string of the molecule is C/C=C\C1=CSc2c(C)cccc2N1c1ccccc1. The number of benzene rings is 2. The highest BCUT2D eigenvalue weighted by Crippen LogP contribution is 2.44. The molecule has 0 bridgehead atoms. The summed E-state index contributed by atoms with van der Waals surface area (Å²) < 4.78 is 0. The number of nitrogens with zero attached hydrogens (tertiary/aromatic N) is 1. The van der Waals surface area contributed by atoms with Gasteiger partial charge in [-0.1, -0.05) is 48.2 Å². The smallest absolute Gasteiger partial charge is 0.0603 e. The molecule has 1 nitrogen and oxygen atoms in total. The van der Waals surface area contributed by atoms with Gasteiger partial charge in [-0.05, 0) is 43.7 Å². The monoisotopic (exact) mass is 279 g/mol. The maximum Gasteiger partial charge on any atom is 0.0603 e. The molecule has 0 amide bonds. The van der Waals surface area contributed by atoms with Crippen LogP contribution in [0.1, 0.15) is 12.5 Å². The largest absolute Gasteiger partial charge is 0.309 e. The van der Waals surface area contributed by atoms with Crippen molar-refractivity contribution in [2.24, 2.45) is 0 Å². The molecule has 1 aliphatic rings. The molecule has 20 heavy (non-hydrogen) atoms. The Morgan fingerprint density at radius 3 is 2.55 bits per heavy atom. The molecule has 2 heteroatoms. The Kier molecular flexibility index (Phi) is 3.66. The second-order valence-corrected chi connectivity index (χ2v) is 5.63. The molecule has 3 rings (SSSR count). The van der Waals surface area contributed by atoms with Crippen LogP contribution in [0.25, 0.3) is 0 Å². The third-order valence-electron chi connectivity index (χ3n) is 3.34. The van der Waals surface area contributed by atoms with E-state index in [4.69, 9.17) is 0 Å². The highest BCUT2D eigenvalue weighted by atomic mass is 32.2. The van der Waals surface area contributed by atoms with Crippen molar-refractivity contribution in [3.63, 3.8) is 0 Å².